The third-order valence-corrected chi connectivity index (χ3v) is 13.3. The number of nitrogens with one attached hydrogen (secondary N) is 1. The largest absolute Gasteiger partial charge is 0.306 e. The maximum absolute atomic E-state index is 15.2. The van der Waals surface area contributed by atoms with Gasteiger partial charge in [-0.2, -0.15) is 0 Å². The molecule has 294 valence electrons. The number of fused-ring (bicyclic) bond motifs is 13. The van der Waals surface area contributed by atoms with E-state index in [9.17, 15) is 0 Å². The maximum Gasteiger partial charge on any atom is 0.261 e. The van der Waals surface area contributed by atoms with Crippen LogP contribution in [0.3, 0.4) is 0 Å². The second-order valence-corrected chi connectivity index (χ2v) is 16.4. The van der Waals surface area contributed by atoms with Gasteiger partial charge in [-0.15, -0.1) is 0 Å². The minimum Gasteiger partial charge on any atom is -0.306 e. The standard InChI is InChI=1S/C56H33N5O2/c62-55-49-50(56(63)57-55)52(59-43-27-11-3-19-35(43)36-20-4-12-28-44(36)59)54(61-47-31-15-7-23-39(47)40-24-8-16-32-48(40)61)53(60-45-29-13-5-21-37(45)38-22-6-14-30-46(38)60)51(49)58-41-25-9-1-17-33(41)34-18-2-10-26-42(34)58/h1-32H,(H,57,62,63). The van der Waals surface area contributed by atoms with Crippen LogP contribution in [0, 0.1) is 0 Å². The highest BCUT2D eigenvalue weighted by molar-refractivity contribution is 6.28. The van der Waals surface area contributed by atoms with E-state index in [1.807, 2.05) is 24.3 Å². The zero-order valence-electron chi connectivity index (χ0n) is 33.6. The summed E-state index contributed by atoms with van der Waals surface area (Å²) < 4.78 is 9.15. The van der Waals surface area contributed by atoms with Gasteiger partial charge in [0.1, 0.15) is 0 Å². The van der Waals surface area contributed by atoms with Crippen molar-refractivity contribution in [3.05, 3.63) is 205 Å². The second kappa shape index (κ2) is 12.4. The first-order valence-corrected chi connectivity index (χ1v) is 21.2. The number of nitrogens with zero attached hydrogens (tertiary/aromatic N) is 4. The maximum atomic E-state index is 15.2. The summed E-state index contributed by atoms with van der Waals surface area (Å²) in [5, 5.41) is 11.3. The van der Waals surface area contributed by atoms with Crippen LogP contribution in [0.5, 0.6) is 0 Å². The molecule has 1 aliphatic heterocycles. The average Bonchev–Trinajstić information content (AvgIpc) is 4.11. The summed E-state index contributed by atoms with van der Waals surface area (Å²) in [5.41, 5.74) is 11.0. The van der Waals surface area contributed by atoms with Crippen LogP contribution in [0.4, 0.5) is 0 Å². The van der Waals surface area contributed by atoms with Gasteiger partial charge >= 0.3 is 0 Å². The summed E-state index contributed by atoms with van der Waals surface area (Å²) in [6.45, 7) is 0. The van der Waals surface area contributed by atoms with Crippen molar-refractivity contribution >= 4 is 99.0 Å². The molecule has 0 saturated heterocycles. The Bertz CT molecular complexity index is 3700. The fourth-order valence-electron chi connectivity index (χ4n) is 10.9. The van der Waals surface area contributed by atoms with Gasteiger partial charge in [-0.1, -0.05) is 146 Å². The minimum absolute atomic E-state index is 0.324. The summed E-state index contributed by atoms with van der Waals surface area (Å²) in [4.78, 5) is 30.4. The molecule has 0 fully saturated rings. The number of benzene rings is 9. The normalized spacial score (nSPS) is 13.0. The number of para-hydroxylation sites is 8. The van der Waals surface area contributed by atoms with Crippen LogP contribution >= 0.6 is 0 Å². The van der Waals surface area contributed by atoms with E-state index in [1.54, 1.807) is 0 Å². The lowest BCUT2D eigenvalue weighted by atomic mass is 9.98. The monoisotopic (exact) mass is 807 g/mol. The molecule has 0 unspecified atom stereocenters. The Labute approximate surface area is 358 Å². The molecule has 0 bridgehead atoms. The molecular formula is C56H33N5O2. The minimum atomic E-state index is -0.440. The first-order valence-electron chi connectivity index (χ1n) is 21.2. The molecule has 0 radical (unpaired) electrons. The number of carbonyl (C=O) groups is 2. The van der Waals surface area contributed by atoms with Crippen molar-refractivity contribution in [2.45, 2.75) is 0 Å². The molecule has 9 aromatic carbocycles. The third kappa shape index (κ3) is 4.37. The Kier molecular flexibility index (Phi) is 6.73. The van der Waals surface area contributed by atoms with E-state index in [2.05, 4.69) is 193 Å². The Balaban J connectivity index is 1.37. The van der Waals surface area contributed by atoms with E-state index < -0.39 is 11.8 Å². The molecule has 2 amide bonds. The van der Waals surface area contributed by atoms with Gasteiger partial charge in [0.15, 0.2) is 0 Å². The van der Waals surface area contributed by atoms with E-state index in [4.69, 9.17) is 0 Å². The number of hydrogen-bond donors (Lipinski definition) is 1. The van der Waals surface area contributed by atoms with Crippen molar-refractivity contribution in [3.8, 4) is 22.7 Å². The third-order valence-electron chi connectivity index (χ3n) is 13.3. The summed E-state index contributed by atoms with van der Waals surface area (Å²) in [6, 6.07) is 67.4. The van der Waals surface area contributed by atoms with Crippen molar-refractivity contribution in [3.63, 3.8) is 0 Å². The molecule has 4 aromatic heterocycles. The number of hydrogen-bond acceptors (Lipinski definition) is 2. The van der Waals surface area contributed by atoms with Gasteiger partial charge in [0, 0.05) is 43.1 Å². The van der Waals surface area contributed by atoms with Crippen molar-refractivity contribution in [2.75, 3.05) is 0 Å². The predicted octanol–water partition coefficient (Wildman–Crippen LogP) is 13.0. The first kappa shape index (κ1) is 34.1. The van der Waals surface area contributed by atoms with Crippen LogP contribution in [0.15, 0.2) is 194 Å². The average molecular weight is 808 g/mol. The van der Waals surface area contributed by atoms with Crippen LogP contribution in [0.25, 0.3) is 110 Å². The van der Waals surface area contributed by atoms with Gasteiger partial charge in [-0.3, -0.25) is 14.9 Å². The fourth-order valence-corrected chi connectivity index (χ4v) is 10.9. The SMILES string of the molecule is O=C1NC(=O)c2c1c(-n1c3ccccc3c3ccccc31)c(-n1c3ccccc3c3ccccc31)c(-n1c3ccccc3c3ccccc31)c2-n1c2ccccc2c2ccccc21. The summed E-state index contributed by atoms with van der Waals surface area (Å²) >= 11 is 0. The van der Waals surface area contributed by atoms with Crippen LogP contribution in [0.1, 0.15) is 20.7 Å². The lowest BCUT2D eigenvalue weighted by molar-refractivity contribution is 0.0879. The summed E-state index contributed by atoms with van der Waals surface area (Å²) in [5.74, 6) is -0.880. The molecule has 13 aromatic rings. The molecule has 5 heterocycles. The highest BCUT2D eigenvalue weighted by Gasteiger charge is 2.42. The molecule has 7 nitrogen and oxygen atoms in total. The van der Waals surface area contributed by atoms with Crippen molar-refractivity contribution < 1.29 is 9.59 Å². The summed E-state index contributed by atoms with van der Waals surface area (Å²) in [7, 11) is 0. The van der Waals surface area contributed by atoms with Gasteiger partial charge in [0.2, 0.25) is 0 Å². The van der Waals surface area contributed by atoms with Crippen molar-refractivity contribution in [1.82, 2.24) is 23.6 Å². The van der Waals surface area contributed by atoms with Gasteiger partial charge in [-0.05, 0) is 48.5 Å². The Morgan fingerprint density at radius 3 is 0.619 bits per heavy atom. The fraction of sp³-hybridized carbons (Fsp3) is 0. The molecular weight excluding hydrogens is 775 g/mol. The highest BCUT2D eigenvalue weighted by atomic mass is 16.2. The Morgan fingerprint density at radius 2 is 0.413 bits per heavy atom. The molecule has 0 aliphatic carbocycles. The number of imide groups is 1. The van der Waals surface area contributed by atoms with Crippen LogP contribution in [-0.2, 0) is 0 Å². The molecule has 7 heteroatoms. The number of aromatic nitrogens is 4. The summed E-state index contributed by atoms with van der Waals surface area (Å²) in [6.07, 6.45) is 0. The van der Waals surface area contributed by atoms with Crippen LogP contribution < -0.4 is 5.32 Å². The van der Waals surface area contributed by atoms with E-state index >= 15 is 9.59 Å². The number of carbonyl (C=O) groups excluding carboxylic acids is 2. The molecule has 14 rings (SSSR count). The highest BCUT2D eigenvalue weighted by Crippen LogP contribution is 2.50. The van der Waals surface area contributed by atoms with Crippen molar-refractivity contribution in [1.29, 1.82) is 0 Å². The number of rotatable bonds is 4. The van der Waals surface area contributed by atoms with E-state index in [1.165, 1.54) is 0 Å². The molecule has 0 spiro atoms. The van der Waals surface area contributed by atoms with Gasteiger partial charge in [-0.25, -0.2) is 0 Å². The molecule has 0 saturated carbocycles. The first-order chi connectivity index (χ1) is 31.2. The van der Waals surface area contributed by atoms with E-state index in [0.29, 0.717) is 22.5 Å². The smallest absolute Gasteiger partial charge is 0.261 e. The lowest BCUT2D eigenvalue weighted by Crippen LogP contribution is -2.20. The topological polar surface area (TPSA) is 65.9 Å². The van der Waals surface area contributed by atoms with Crippen molar-refractivity contribution in [2.24, 2.45) is 0 Å². The molecule has 1 N–H and O–H groups in total. The number of amides is 2. The Hall–Kier alpha value is -8.68. The molecule has 0 atom stereocenters. The second-order valence-electron chi connectivity index (χ2n) is 16.4. The predicted molar refractivity (Wildman–Crippen MR) is 256 cm³/mol. The van der Waals surface area contributed by atoms with E-state index in [0.717, 1.165) is 98.6 Å². The van der Waals surface area contributed by atoms with E-state index in [-0.39, 0.29) is 0 Å². The van der Waals surface area contributed by atoms with Crippen LogP contribution in [0.2, 0.25) is 0 Å². The zero-order chi connectivity index (χ0) is 41.5. The molecule has 1 aliphatic rings. The lowest BCUT2D eigenvalue weighted by Gasteiger charge is -2.28. The molecule has 63 heavy (non-hydrogen) atoms. The van der Waals surface area contributed by atoms with Crippen LogP contribution in [-0.4, -0.2) is 30.1 Å². The van der Waals surface area contributed by atoms with Gasteiger partial charge in [0.25, 0.3) is 11.8 Å². The zero-order valence-corrected chi connectivity index (χ0v) is 33.6. The Morgan fingerprint density at radius 1 is 0.238 bits per heavy atom. The van der Waals surface area contributed by atoms with Gasteiger partial charge < -0.3 is 18.3 Å². The van der Waals surface area contributed by atoms with Gasteiger partial charge in [0.05, 0.1) is 78.0 Å². The quantitative estimate of drug-likeness (QED) is 0.180.